The highest BCUT2D eigenvalue weighted by Gasteiger charge is 2.16. The van der Waals surface area contributed by atoms with Crippen LogP contribution in [0.4, 0.5) is 0 Å². The fourth-order valence-electron chi connectivity index (χ4n) is 6.34. The van der Waals surface area contributed by atoms with Crippen molar-refractivity contribution in [2.45, 2.75) is 80.1 Å². The number of hydrogen-bond donors (Lipinski definition) is 0. The predicted octanol–water partition coefficient (Wildman–Crippen LogP) is 9.62. The van der Waals surface area contributed by atoms with Crippen molar-refractivity contribution in [2.24, 2.45) is 0 Å². The number of rotatable bonds is 9. The maximum Gasteiger partial charge on any atom is 0.197 e. The maximum absolute atomic E-state index is 11.2. The molecule has 8 heterocycles. The van der Waals surface area contributed by atoms with Crippen LogP contribution >= 0.6 is 0 Å². The number of pyridine rings is 2. The van der Waals surface area contributed by atoms with E-state index in [9.17, 15) is 4.79 Å². The Morgan fingerprint density at radius 3 is 1.52 bits per heavy atom. The van der Waals surface area contributed by atoms with E-state index >= 15 is 0 Å². The molecule has 0 N–H and O–H groups in total. The third kappa shape index (κ3) is 9.95. The standard InChI is InChI=1S/C17H19N3O2.2C15H16N4O/c1-11(2)15-9-16(17-18-12(3)10-20(17)19-15)22-14-7-5-6-13(8-14)21-4;1-10(2)13-8-14(18-6-4-12(20)5-7-18)15-16-11(3)9-19(15)17-13;1-10(2)13-7-14(20-12-5-4-6-16-8-12)15-17-11(3)9-19(15)18-13/h5-11H,1-4H3;2*4-10H,1-3H3. The monoisotopic (exact) mass is 833 g/mol. The number of ether oxygens (including phenoxy) is 3. The van der Waals surface area contributed by atoms with Crippen molar-refractivity contribution in [1.29, 1.82) is 0 Å². The molecule has 1 aromatic carbocycles. The van der Waals surface area contributed by atoms with Crippen molar-refractivity contribution >= 4 is 16.9 Å². The van der Waals surface area contributed by atoms with Crippen molar-refractivity contribution in [3.8, 4) is 34.4 Å². The average molecular weight is 834 g/mol. The summed E-state index contributed by atoms with van der Waals surface area (Å²) in [7, 11) is 1.64. The van der Waals surface area contributed by atoms with E-state index in [0.717, 1.165) is 56.9 Å². The van der Waals surface area contributed by atoms with Gasteiger partial charge in [0.15, 0.2) is 33.9 Å². The Morgan fingerprint density at radius 2 is 1.02 bits per heavy atom. The summed E-state index contributed by atoms with van der Waals surface area (Å²) in [6, 6.07) is 20.2. The first-order valence-corrected chi connectivity index (χ1v) is 20.4. The third-order valence-electron chi connectivity index (χ3n) is 9.59. The van der Waals surface area contributed by atoms with E-state index in [2.05, 4.69) is 76.8 Å². The highest BCUT2D eigenvalue weighted by molar-refractivity contribution is 5.60. The Bertz CT molecular complexity index is 3000. The largest absolute Gasteiger partial charge is 0.497 e. The summed E-state index contributed by atoms with van der Waals surface area (Å²) in [5.74, 6) is 4.49. The number of aryl methyl sites for hydroxylation is 3. The number of methoxy groups -OCH3 is 1. The lowest BCUT2D eigenvalue weighted by molar-refractivity contribution is 0.409. The van der Waals surface area contributed by atoms with E-state index < -0.39 is 0 Å². The van der Waals surface area contributed by atoms with Crippen LogP contribution in [-0.2, 0) is 0 Å². The normalized spacial score (nSPS) is 11.2. The molecule has 0 saturated heterocycles. The average Bonchev–Trinajstić information content (AvgIpc) is 3.95. The first kappa shape index (κ1) is 42.7. The molecule has 0 amide bonds. The van der Waals surface area contributed by atoms with Gasteiger partial charge in [0.1, 0.15) is 17.2 Å². The summed E-state index contributed by atoms with van der Waals surface area (Å²) in [6.07, 6.45) is 12.6. The molecule has 9 aromatic rings. The van der Waals surface area contributed by atoms with Crippen LogP contribution < -0.4 is 19.6 Å². The Balaban J connectivity index is 0.000000140. The Kier molecular flexibility index (Phi) is 12.7. The molecule has 8 aromatic heterocycles. The van der Waals surface area contributed by atoms with Gasteiger partial charge in [-0.1, -0.05) is 47.6 Å². The molecule has 0 aliphatic carbocycles. The van der Waals surface area contributed by atoms with Gasteiger partial charge in [-0.15, -0.1) is 0 Å². The van der Waals surface area contributed by atoms with Crippen molar-refractivity contribution in [3.63, 3.8) is 0 Å². The van der Waals surface area contributed by atoms with Crippen LogP contribution in [0.15, 0.2) is 115 Å². The van der Waals surface area contributed by atoms with Crippen molar-refractivity contribution in [1.82, 2.24) is 53.3 Å². The summed E-state index contributed by atoms with van der Waals surface area (Å²) in [5, 5.41) is 13.7. The number of imidazole rings is 3. The molecule has 0 atom stereocenters. The van der Waals surface area contributed by atoms with Gasteiger partial charge in [0.2, 0.25) is 0 Å². The zero-order valence-corrected chi connectivity index (χ0v) is 36.7. The zero-order valence-electron chi connectivity index (χ0n) is 36.7. The number of aromatic nitrogens is 11. The lowest BCUT2D eigenvalue weighted by atomic mass is 10.1. The van der Waals surface area contributed by atoms with E-state index in [-0.39, 0.29) is 5.43 Å². The van der Waals surface area contributed by atoms with E-state index in [1.54, 1.807) is 57.6 Å². The van der Waals surface area contributed by atoms with Gasteiger partial charge < -0.3 is 18.8 Å². The minimum atomic E-state index is -0.00469. The molecule has 0 aliphatic rings. The minimum absolute atomic E-state index is 0.00469. The lowest BCUT2D eigenvalue weighted by Crippen LogP contribution is -2.07. The highest BCUT2D eigenvalue weighted by atomic mass is 16.5. The third-order valence-corrected chi connectivity index (χ3v) is 9.59. The van der Waals surface area contributed by atoms with Crippen molar-refractivity contribution in [2.75, 3.05) is 7.11 Å². The summed E-state index contributed by atoms with van der Waals surface area (Å²) >= 11 is 0. The van der Waals surface area contributed by atoms with Crippen LogP contribution in [0.3, 0.4) is 0 Å². The molecule has 318 valence electrons. The van der Waals surface area contributed by atoms with Gasteiger partial charge >= 0.3 is 0 Å². The van der Waals surface area contributed by atoms with E-state index in [1.165, 1.54) is 0 Å². The van der Waals surface area contributed by atoms with Gasteiger partial charge in [-0.3, -0.25) is 9.78 Å². The molecular weight excluding hydrogens is 783 g/mol. The molecule has 0 fully saturated rings. The molecule has 0 spiro atoms. The van der Waals surface area contributed by atoms with Gasteiger partial charge in [0.25, 0.3) is 0 Å². The van der Waals surface area contributed by atoms with Crippen LogP contribution in [0.25, 0.3) is 22.6 Å². The minimum Gasteiger partial charge on any atom is -0.497 e. The first-order chi connectivity index (χ1) is 29.7. The van der Waals surface area contributed by atoms with E-state index in [4.69, 9.17) is 14.2 Å². The molecule has 0 aliphatic heterocycles. The lowest BCUT2D eigenvalue weighted by Gasteiger charge is -2.11. The number of hydrogen-bond acceptors (Lipinski definition) is 11. The van der Waals surface area contributed by atoms with Gasteiger partial charge in [0, 0.05) is 48.9 Å². The van der Waals surface area contributed by atoms with Crippen LogP contribution in [0.5, 0.6) is 28.7 Å². The van der Waals surface area contributed by atoms with E-state index in [1.807, 2.05) is 98.5 Å². The molecular formula is C47H51N11O4. The van der Waals surface area contributed by atoms with Crippen LogP contribution in [-0.4, -0.2) is 60.5 Å². The number of fused-ring (bicyclic) bond motifs is 3. The van der Waals surface area contributed by atoms with E-state index in [0.29, 0.717) is 46.4 Å². The van der Waals surface area contributed by atoms with Crippen LogP contribution in [0.2, 0.25) is 0 Å². The van der Waals surface area contributed by atoms with Gasteiger partial charge in [-0.2, -0.15) is 15.3 Å². The van der Waals surface area contributed by atoms with Gasteiger partial charge in [-0.05, 0) is 68.9 Å². The summed E-state index contributed by atoms with van der Waals surface area (Å²) in [4.78, 5) is 28.8. The molecule has 9 rings (SSSR count). The summed E-state index contributed by atoms with van der Waals surface area (Å²) in [6.45, 7) is 18.5. The Hall–Kier alpha value is -7.42. The van der Waals surface area contributed by atoms with Crippen LogP contribution in [0, 0.1) is 20.8 Å². The fraction of sp³-hybridized carbons (Fsp3) is 0.277. The summed E-state index contributed by atoms with van der Waals surface area (Å²) < 4.78 is 24.4. The molecule has 15 heteroatoms. The second kappa shape index (κ2) is 18.5. The molecule has 0 radical (unpaired) electrons. The Morgan fingerprint density at radius 1 is 0.548 bits per heavy atom. The number of nitrogens with zero attached hydrogens (tertiary/aromatic N) is 11. The molecule has 15 nitrogen and oxygen atoms in total. The Labute approximate surface area is 359 Å². The molecule has 0 saturated carbocycles. The smallest absolute Gasteiger partial charge is 0.197 e. The maximum atomic E-state index is 11.2. The fourth-order valence-corrected chi connectivity index (χ4v) is 6.34. The first-order valence-electron chi connectivity index (χ1n) is 20.4. The molecule has 62 heavy (non-hydrogen) atoms. The van der Waals surface area contributed by atoms with Crippen molar-refractivity contribution in [3.05, 3.63) is 154 Å². The topological polar surface area (TPSA) is 153 Å². The van der Waals surface area contributed by atoms with Crippen LogP contribution in [0.1, 0.15) is 93.5 Å². The second-order valence-electron chi connectivity index (χ2n) is 15.7. The van der Waals surface area contributed by atoms with Gasteiger partial charge in [-0.25, -0.2) is 28.5 Å². The quantitative estimate of drug-likeness (QED) is 0.137. The molecule has 0 bridgehead atoms. The molecule has 0 unspecified atom stereocenters. The summed E-state index contributed by atoms with van der Waals surface area (Å²) in [5.41, 5.74) is 8.79. The van der Waals surface area contributed by atoms with Gasteiger partial charge in [0.05, 0.1) is 71.7 Å². The highest BCUT2D eigenvalue weighted by Crippen LogP contribution is 2.31. The number of benzene rings is 1. The SMILES string of the molecule is COc1cccc(Oc2cc(C(C)C)nn3cc(C)nc23)c1.Cc1cn2nc(C(C)C)cc(-n3ccc(=O)cc3)c2n1.Cc1cn2nc(C(C)C)cc(Oc3cccnc3)c2n1. The van der Waals surface area contributed by atoms with Crippen molar-refractivity contribution < 1.29 is 14.2 Å². The second-order valence-corrected chi connectivity index (χ2v) is 15.7. The zero-order chi connectivity index (χ0) is 44.1. The predicted molar refractivity (Wildman–Crippen MR) is 238 cm³/mol.